The Bertz CT molecular complexity index is 161. The van der Waals surface area contributed by atoms with Crippen LogP contribution in [0.4, 0.5) is 0 Å². The van der Waals surface area contributed by atoms with Crippen LogP contribution in [-0.4, -0.2) is 62.2 Å². The van der Waals surface area contributed by atoms with Gasteiger partial charge in [-0.15, -0.1) is 0 Å². The maximum absolute atomic E-state index is 8.81. The highest BCUT2D eigenvalue weighted by Crippen LogP contribution is 2.20. The molecule has 0 radical (unpaired) electrons. The molecule has 0 aromatic rings. The van der Waals surface area contributed by atoms with E-state index < -0.39 is 0 Å². The van der Waals surface area contributed by atoms with Gasteiger partial charge in [-0.25, -0.2) is 0 Å². The van der Waals surface area contributed by atoms with Crippen LogP contribution >= 0.6 is 0 Å². The lowest BCUT2D eigenvalue weighted by Gasteiger charge is -2.44. The van der Waals surface area contributed by atoms with E-state index in [1.807, 2.05) is 0 Å². The predicted molar refractivity (Wildman–Crippen MR) is 54.4 cm³/mol. The van der Waals surface area contributed by atoms with Gasteiger partial charge in [0, 0.05) is 26.8 Å². The van der Waals surface area contributed by atoms with Crippen LogP contribution < -0.4 is 0 Å². The van der Waals surface area contributed by atoms with Gasteiger partial charge in [0.1, 0.15) is 0 Å². The SMILES string of the molecule is COCC1(C)COCCN1CCCO. The number of morpholine rings is 1. The summed E-state index contributed by atoms with van der Waals surface area (Å²) in [6.45, 7) is 6.42. The fourth-order valence-electron chi connectivity index (χ4n) is 1.92. The van der Waals surface area contributed by atoms with Crippen LogP contribution in [-0.2, 0) is 9.47 Å². The van der Waals surface area contributed by atoms with Crippen molar-refractivity contribution < 1.29 is 14.6 Å². The number of methoxy groups -OCH3 is 1. The number of ether oxygens (including phenoxy) is 2. The molecule has 1 aliphatic heterocycles. The Labute approximate surface area is 85.8 Å². The Morgan fingerprint density at radius 1 is 1.57 bits per heavy atom. The van der Waals surface area contributed by atoms with Crippen molar-refractivity contribution in [2.45, 2.75) is 18.9 Å². The van der Waals surface area contributed by atoms with Crippen molar-refractivity contribution in [2.24, 2.45) is 0 Å². The molecule has 1 saturated heterocycles. The largest absolute Gasteiger partial charge is 0.396 e. The molecule has 0 bridgehead atoms. The highest BCUT2D eigenvalue weighted by molar-refractivity contribution is 4.88. The molecular formula is C10H21NO3. The minimum absolute atomic E-state index is 0.0256. The van der Waals surface area contributed by atoms with Crippen molar-refractivity contribution >= 4 is 0 Å². The maximum atomic E-state index is 8.81. The molecule has 0 amide bonds. The van der Waals surface area contributed by atoms with Crippen molar-refractivity contribution in [1.82, 2.24) is 4.90 Å². The summed E-state index contributed by atoms with van der Waals surface area (Å²) in [7, 11) is 1.71. The molecule has 0 spiro atoms. The van der Waals surface area contributed by atoms with E-state index in [2.05, 4.69) is 11.8 Å². The Morgan fingerprint density at radius 2 is 2.36 bits per heavy atom. The summed E-state index contributed by atoms with van der Waals surface area (Å²) in [5.74, 6) is 0. The van der Waals surface area contributed by atoms with Crippen molar-refractivity contribution in [3.8, 4) is 0 Å². The number of hydrogen-bond donors (Lipinski definition) is 1. The smallest absolute Gasteiger partial charge is 0.0670 e. The van der Waals surface area contributed by atoms with Crippen molar-refractivity contribution in [2.75, 3.05) is 46.6 Å². The van der Waals surface area contributed by atoms with Gasteiger partial charge in [-0.3, -0.25) is 4.90 Å². The van der Waals surface area contributed by atoms with E-state index in [-0.39, 0.29) is 12.1 Å². The second kappa shape index (κ2) is 5.66. The zero-order chi connectivity index (χ0) is 10.4. The third-order valence-electron chi connectivity index (χ3n) is 2.72. The average Bonchev–Trinajstić information content (AvgIpc) is 2.17. The molecule has 1 fully saturated rings. The zero-order valence-electron chi connectivity index (χ0n) is 9.16. The predicted octanol–water partition coefficient (Wildman–Crippen LogP) is 0.106. The molecule has 1 N–H and O–H groups in total. The number of nitrogens with zero attached hydrogens (tertiary/aromatic N) is 1. The summed E-state index contributed by atoms with van der Waals surface area (Å²) in [5, 5.41) is 8.81. The lowest BCUT2D eigenvalue weighted by molar-refractivity contribution is -0.0902. The maximum Gasteiger partial charge on any atom is 0.0670 e. The highest BCUT2D eigenvalue weighted by Gasteiger charge is 2.34. The van der Waals surface area contributed by atoms with Crippen LogP contribution in [0.2, 0.25) is 0 Å². The summed E-state index contributed by atoms with van der Waals surface area (Å²) in [6, 6.07) is 0. The quantitative estimate of drug-likeness (QED) is 0.688. The first-order chi connectivity index (χ1) is 6.73. The standard InChI is InChI=1S/C10H21NO3/c1-10(8-13-2)9-14-7-5-11(10)4-3-6-12/h12H,3-9H2,1-2H3. The third kappa shape index (κ3) is 2.92. The second-order valence-electron chi connectivity index (χ2n) is 4.05. The number of hydrogen-bond acceptors (Lipinski definition) is 4. The first-order valence-electron chi connectivity index (χ1n) is 5.15. The van der Waals surface area contributed by atoms with E-state index in [0.717, 1.165) is 26.1 Å². The molecule has 84 valence electrons. The first-order valence-corrected chi connectivity index (χ1v) is 5.15. The molecule has 4 heteroatoms. The van der Waals surface area contributed by atoms with Crippen LogP contribution in [0, 0.1) is 0 Å². The van der Waals surface area contributed by atoms with Crippen LogP contribution in [0.25, 0.3) is 0 Å². The Hall–Kier alpha value is -0.160. The monoisotopic (exact) mass is 203 g/mol. The molecule has 0 aromatic heterocycles. The van der Waals surface area contributed by atoms with Gasteiger partial charge in [0.05, 0.1) is 25.4 Å². The van der Waals surface area contributed by atoms with Crippen molar-refractivity contribution in [1.29, 1.82) is 0 Å². The van der Waals surface area contributed by atoms with Gasteiger partial charge in [-0.2, -0.15) is 0 Å². The van der Waals surface area contributed by atoms with Crippen molar-refractivity contribution in [3.05, 3.63) is 0 Å². The molecule has 1 aliphatic rings. The summed E-state index contributed by atoms with van der Waals surface area (Å²) in [4.78, 5) is 2.34. The lowest BCUT2D eigenvalue weighted by atomic mass is 10.0. The molecule has 1 heterocycles. The van der Waals surface area contributed by atoms with E-state index in [0.29, 0.717) is 13.2 Å². The van der Waals surface area contributed by atoms with Crippen LogP contribution in [0.15, 0.2) is 0 Å². The van der Waals surface area contributed by atoms with Gasteiger partial charge < -0.3 is 14.6 Å². The molecule has 0 aromatic carbocycles. The lowest BCUT2D eigenvalue weighted by Crippen LogP contribution is -2.57. The van der Waals surface area contributed by atoms with Gasteiger partial charge in [0.2, 0.25) is 0 Å². The van der Waals surface area contributed by atoms with Crippen LogP contribution in [0.3, 0.4) is 0 Å². The zero-order valence-corrected chi connectivity index (χ0v) is 9.16. The van der Waals surface area contributed by atoms with E-state index in [4.69, 9.17) is 14.6 Å². The average molecular weight is 203 g/mol. The van der Waals surface area contributed by atoms with Gasteiger partial charge >= 0.3 is 0 Å². The van der Waals surface area contributed by atoms with E-state index >= 15 is 0 Å². The Morgan fingerprint density at radius 3 is 3.00 bits per heavy atom. The molecule has 4 nitrogen and oxygen atoms in total. The number of aliphatic hydroxyl groups excluding tert-OH is 1. The fraction of sp³-hybridized carbons (Fsp3) is 1.00. The van der Waals surface area contributed by atoms with E-state index in [1.54, 1.807) is 7.11 Å². The molecule has 1 rings (SSSR count). The summed E-state index contributed by atoms with van der Waals surface area (Å²) in [5.41, 5.74) is -0.0256. The first kappa shape index (κ1) is 11.9. The van der Waals surface area contributed by atoms with Gasteiger partial charge in [-0.1, -0.05) is 0 Å². The highest BCUT2D eigenvalue weighted by atomic mass is 16.5. The van der Waals surface area contributed by atoms with E-state index in [1.165, 1.54) is 0 Å². The minimum Gasteiger partial charge on any atom is -0.396 e. The van der Waals surface area contributed by atoms with Crippen LogP contribution in [0.5, 0.6) is 0 Å². The topological polar surface area (TPSA) is 41.9 Å². The molecular weight excluding hydrogens is 182 g/mol. The van der Waals surface area contributed by atoms with Crippen molar-refractivity contribution in [3.63, 3.8) is 0 Å². The Kier molecular flexibility index (Phi) is 4.81. The second-order valence-corrected chi connectivity index (χ2v) is 4.05. The van der Waals surface area contributed by atoms with Gasteiger partial charge in [0.25, 0.3) is 0 Å². The summed E-state index contributed by atoms with van der Waals surface area (Å²) in [6.07, 6.45) is 0.819. The molecule has 0 saturated carbocycles. The molecule has 0 aliphatic carbocycles. The summed E-state index contributed by atoms with van der Waals surface area (Å²) < 4.78 is 10.7. The minimum atomic E-state index is -0.0256. The molecule has 1 atom stereocenters. The number of rotatable bonds is 5. The van der Waals surface area contributed by atoms with Gasteiger partial charge in [0.15, 0.2) is 0 Å². The molecule has 14 heavy (non-hydrogen) atoms. The third-order valence-corrected chi connectivity index (χ3v) is 2.72. The normalized spacial score (nSPS) is 29.4. The van der Waals surface area contributed by atoms with E-state index in [9.17, 15) is 0 Å². The Balaban J connectivity index is 2.48. The van der Waals surface area contributed by atoms with Crippen LogP contribution in [0.1, 0.15) is 13.3 Å². The van der Waals surface area contributed by atoms with Gasteiger partial charge in [-0.05, 0) is 13.3 Å². The number of aliphatic hydroxyl groups is 1. The summed E-state index contributed by atoms with van der Waals surface area (Å²) >= 11 is 0. The molecule has 1 unspecified atom stereocenters. The fourth-order valence-corrected chi connectivity index (χ4v) is 1.92.